The molecule has 0 radical (unpaired) electrons. The van der Waals surface area contributed by atoms with Gasteiger partial charge in [-0.15, -0.1) is 10.2 Å². The predicted octanol–water partition coefficient (Wildman–Crippen LogP) is 5.82. The average Bonchev–Trinajstić information content (AvgIpc) is 3.03. The van der Waals surface area contributed by atoms with Crippen LogP contribution in [0.1, 0.15) is 11.1 Å². The summed E-state index contributed by atoms with van der Waals surface area (Å²) in [6.45, 7) is 0. The summed E-state index contributed by atoms with van der Waals surface area (Å²) in [6, 6.07) is 22.2. The lowest BCUT2D eigenvalue weighted by Crippen LogP contribution is -2.23. The Morgan fingerprint density at radius 1 is 1.03 bits per heavy atom. The van der Waals surface area contributed by atoms with E-state index in [2.05, 4.69) is 20.5 Å². The number of nitrogens with one attached hydrogen (secondary N) is 1. The lowest BCUT2D eigenvalue weighted by molar-refractivity contribution is 0.266. The Kier molecular flexibility index (Phi) is 6.40. The third-order valence-electron chi connectivity index (χ3n) is 5.25. The number of ether oxygens (including phenoxy) is 2. The monoisotopic (exact) mass is 472 g/mol. The smallest absolute Gasteiger partial charge is 0.247 e. The highest BCUT2D eigenvalue weighted by atomic mass is 32.2. The van der Waals surface area contributed by atoms with Crippen molar-refractivity contribution in [2.24, 2.45) is 0 Å². The molecular formula is C26H21FN4O2S. The third kappa shape index (κ3) is 4.87. The molecule has 1 atom stereocenters. The summed E-state index contributed by atoms with van der Waals surface area (Å²) in [7, 11) is 1.64. The fraction of sp³-hybridized carbons (Fsp3) is 0.115. The number of para-hydroxylation sites is 1. The summed E-state index contributed by atoms with van der Waals surface area (Å²) in [4.78, 5) is 4.60. The van der Waals surface area contributed by atoms with E-state index in [9.17, 15) is 4.39 Å². The normalized spacial score (nSPS) is 14.5. The standard InChI is InChI=1S/C26H21FN4O2S/c1-32-19-13-10-17(11-14-19)12-15-23-28-22-9-5-3-7-20(22)24-25(33-23)29-26(31-30-24)34-16-18-6-2-4-8-21(18)27/h2-15,23,28H,16H2,1H3. The number of halogens is 1. The summed E-state index contributed by atoms with van der Waals surface area (Å²) in [5.41, 5.74) is 3.86. The molecule has 0 aliphatic carbocycles. The van der Waals surface area contributed by atoms with Gasteiger partial charge < -0.3 is 14.8 Å². The lowest BCUT2D eigenvalue weighted by Gasteiger charge is -2.15. The van der Waals surface area contributed by atoms with Gasteiger partial charge in [0.25, 0.3) is 0 Å². The minimum absolute atomic E-state index is 0.254. The van der Waals surface area contributed by atoms with Gasteiger partial charge >= 0.3 is 0 Å². The summed E-state index contributed by atoms with van der Waals surface area (Å²) in [6.07, 6.45) is 3.40. The number of thioether (sulfide) groups is 1. The number of anilines is 1. The minimum atomic E-state index is -0.481. The first kappa shape index (κ1) is 21.9. The second-order valence-corrected chi connectivity index (χ2v) is 8.43. The second kappa shape index (κ2) is 9.93. The Morgan fingerprint density at radius 3 is 2.65 bits per heavy atom. The van der Waals surface area contributed by atoms with Crippen molar-refractivity contribution >= 4 is 23.5 Å². The van der Waals surface area contributed by atoms with E-state index in [1.165, 1.54) is 17.8 Å². The van der Waals surface area contributed by atoms with E-state index in [1.54, 1.807) is 25.3 Å². The van der Waals surface area contributed by atoms with Crippen molar-refractivity contribution < 1.29 is 13.9 Å². The lowest BCUT2D eigenvalue weighted by atomic mass is 10.1. The molecule has 1 aromatic heterocycles. The molecule has 3 aromatic carbocycles. The van der Waals surface area contributed by atoms with Gasteiger partial charge in [-0.1, -0.05) is 66.4 Å². The van der Waals surface area contributed by atoms with Crippen LogP contribution < -0.4 is 14.8 Å². The zero-order valence-corrected chi connectivity index (χ0v) is 19.1. The molecule has 0 saturated heterocycles. The molecule has 34 heavy (non-hydrogen) atoms. The maximum Gasteiger partial charge on any atom is 0.247 e. The Labute approximate surface area is 200 Å². The summed E-state index contributed by atoms with van der Waals surface area (Å²) in [5.74, 6) is 1.30. The molecule has 1 unspecified atom stereocenters. The van der Waals surface area contributed by atoms with Crippen LogP contribution in [0, 0.1) is 5.82 Å². The molecule has 6 nitrogen and oxygen atoms in total. The number of hydrogen-bond acceptors (Lipinski definition) is 7. The molecule has 0 fully saturated rings. The summed E-state index contributed by atoms with van der Waals surface area (Å²) >= 11 is 1.31. The van der Waals surface area contributed by atoms with Crippen LogP contribution in [0.25, 0.3) is 17.3 Å². The third-order valence-corrected chi connectivity index (χ3v) is 6.13. The van der Waals surface area contributed by atoms with E-state index >= 15 is 0 Å². The Balaban J connectivity index is 1.41. The van der Waals surface area contributed by atoms with Crippen LogP contribution in [0.5, 0.6) is 11.6 Å². The van der Waals surface area contributed by atoms with E-state index in [0.717, 1.165) is 22.6 Å². The first-order valence-corrected chi connectivity index (χ1v) is 11.6. The molecule has 0 amide bonds. The Hall–Kier alpha value is -3.91. The van der Waals surface area contributed by atoms with Crippen LogP contribution in [0.2, 0.25) is 0 Å². The van der Waals surface area contributed by atoms with Crippen molar-refractivity contribution in [1.82, 2.24) is 15.2 Å². The number of methoxy groups -OCH3 is 1. The summed E-state index contributed by atoms with van der Waals surface area (Å²) < 4.78 is 25.4. The van der Waals surface area contributed by atoms with E-state index in [1.807, 2.05) is 60.7 Å². The van der Waals surface area contributed by atoms with E-state index in [4.69, 9.17) is 9.47 Å². The van der Waals surface area contributed by atoms with Crippen LogP contribution in [0.3, 0.4) is 0 Å². The van der Waals surface area contributed by atoms with Gasteiger partial charge in [0.15, 0.2) is 11.9 Å². The van der Waals surface area contributed by atoms with Gasteiger partial charge in [0.1, 0.15) is 11.6 Å². The number of benzene rings is 3. The number of fused-ring (bicyclic) bond motifs is 3. The van der Waals surface area contributed by atoms with Gasteiger partial charge in [-0.25, -0.2) is 4.39 Å². The van der Waals surface area contributed by atoms with E-state index < -0.39 is 6.23 Å². The molecule has 170 valence electrons. The first-order valence-electron chi connectivity index (χ1n) is 10.7. The van der Waals surface area contributed by atoms with Gasteiger partial charge in [-0.2, -0.15) is 4.98 Å². The number of nitrogens with zero attached hydrogens (tertiary/aromatic N) is 3. The van der Waals surface area contributed by atoms with E-state index in [0.29, 0.717) is 28.0 Å². The van der Waals surface area contributed by atoms with Crippen LogP contribution in [0.4, 0.5) is 10.1 Å². The highest BCUT2D eigenvalue weighted by Crippen LogP contribution is 2.36. The molecule has 1 aliphatic rings. The highest BCUT2D eigenvalue weighted by Gasteiger charge is 2.23. The van der Waals surface area contributed by atoms with Crippen LogP contribution >= 0.6 is 11.8 Å². The van der Waals surface area contributed by atoms with Crippen molar-refractivity contribution in [1.29, 1.82) is 0 Å². The van der Waals surface area contributed by atoms with Crippen molar-refractivity contribution in [3.63, 3.8) is 0 Å². The average molecular weight is 473 g/mol. The van der Waals surface area contributed by atoms with E-state index in [-0.39, 0.29) is 5.82 Å². The number of rotatable bonds is 6. The van der Waals surface area contributed by atoms with Crippen molar-refractivity contribution in [2.45, 2.75) is 17.1 Å². The zero-order chi connectivity index (χ0) is 23.3. The molecule has 0 bridgehead atoms. The molecule has 2 heterocycles. The predicted molar refractivity (Wildman–Crippen MR) is 131 cm³/mol. The molecule has 5 rings (SSSR count). The Morgan fingerprint density at radius 2 is 1.82 bits per heavy atom. The zero-order valence-electron chi connectivity index (χ0n) is 18.3. The highest BCUT2D eigenvalue weighted by molar-refractivity contribution is 7.98. The molecule has 0 saturated carbocycles. The second-order valence-electron chi connectivity index (χ2n) is 7.49. The molecule has 0 spiro atoms. The Bertz CT molecular complexity index is 1330. The fourth-order valence-corrected chi connectivity index (χ4v) is 4.25. The SMILES string of the molecule is COc1ccc(C=CC2Nc3ccccc3-c3nnc(SCc4ccccc4F)nc3O2)cc1. The molecule has 8 heteroatoms. The van der Waals surface area contributed by atoms with Gasteiger partial charge in [-0.3, -0.25) is 0 Å². The minimum Gasteiger partial charge on any atom is -0.497 e. The van der Waals surface area contributed by atoms with Crippen molar-refractivity contribution in [3.05, 3.63) is 95.8 Å². The number of aromatic nitrogens is 3. The van der Waals surface area contributed by atoms with Crippen molar-refractivity contribution in [3.8, 4) is 22.9 Å². The molecule has 1 aliphatic heterocycles. The van der Waals surface area contributed by atoms with Gasteiger partial charge in [-0.05, 0) is 41.5 Å². The number of hydrogen-bond donors (Lipinski definition) is 1. The summed E-state index contributed by atoms with van der Waals surface area (Å²) in [5, 5.41) is 12.5. The largest absolute Gasteiger partial charge is 0.497 e. The first-order chi connectivity index (χ1) is 16.7. The topological polar surface area (TPSA) is 69.2 Å². The van der Waals surface area contributed by atoms with Gasteiger partial charge in [0.2, 0.25) is 11.0 Å². The van der Waals surface area contributed by atoms with Gasteiger partial charge in [0, 0.05) is 17.0 Å². The maximum absolute atomic E-state index is 14.0. The molecule has 4 aromatic rings. The van der Waals surface area contributed by atoms with Crippen LogP contribution in [-0.2, 0) is 5.75 Å². The fourth-order valence-electron chi connectivity index (χ4n) is 3.49. The molecule has 1 N–H and O–H groups in total. The van der Waals surface area contributed by atoms with Crippen molar-refractivity contribution in [2.75, 3.05) is 12.4 Å². The van der Waals surface area contributed by atoms with Crippen LogP contribution in [0.15, 0.2) is 84.0 Å². The molecular weight excluding hydrogens is 451 g/mol. The quantitative estimate of drug-likeness (QED) is 0.355. The maximum atomic E-state index is 14.0. The van der Waals surface area contributed by atoms with Crippen LogP contribution in [-0.4, -0.2) is 28.5 Å². The van der Waals surface area contributed by atoms with Gasteiger partial charge in [0.05, 0.1) is 7.11 Å².